The first-order valence-corrected chi connectivity index (χ1v) is 7.24. The smallest absolute Gasteiger partial charge is 0.395 e. The third-order valence-electron chi connectivity index (χ3n) is 3.58. The molecular formula is C13H13ClF5N3O2. The second kappa shape index (κ2) is 6.77. The van der Waals surface area contributed by atoms with E-state index in [-0.39, 0.29) is 25.4 Å². The minimum Gasteiger partial charge on any atom is -0.395 e. The van der Waals surface area contributed by atoms with Crippen LogP contribution >= 0.6 is 11.6 Å². The average Bonchev–Trinajstić information content (AvgIpc) is 2.93. The Labute approximate surface area is 138 Å². The van der Waals surface area contributed by atoms with Crippen LogP contribution in [0.1, 0.15) is 24.1 Å². The number of carbonyl (C=O) groups is 1. The van der Waals surface area contributed by atoms with Gasteiger partial charge < -0.3 is 5.11 Å². The third kappa shape index (κ3) is 3.76. The van der Waals surface area contributed by atoms with E-state index in [2.05, 4.69) is 4.98 Å². The van der Waals surface area contributed by atoms with Crippen LogP contribution in [0.4, 0.5) is 22.0 Å². The van der Waals surface area contributed by atoms with Crippen LogP contribution in [0.3, 0.4) is 0 Å². The molecule has 1 fully saturated rings. The molecule has 24 heavy (non-hydrogen) atoms. The van der Waals surface area contributed by atoms with Crippen LogP contribution in [0.25, 0.3) is 0 Å². The normalized spacial score (nSPS) is 19.5. The summed E-state index contributed by atoms with van der Waals surface area (Å²) < 4.78 is 65.9. The number of halogens is 6. The molecule has 11 heteroatoms. The Bertz CT molecular complexity index is 626. The van der Waals surface area contributed by atoms with Crippen LogP contribution in [0.2, 0.25) is 5.02 Å². The Kier molecular flexibility index (Phi) is 5.31. The van der Waals surface area contributed by atoms with Crippen molar-refractivity contribution < 1.29 is 31.9 Å². The Hall–Kier alpha value is -1.52. The first-order chi connectivity index (χ1) is 11.1. The van der Waals surface area contributed by atoms with E-state index >= 15 is 0 Å². The number of nitrogens with one attached hydrogen (secondary N) is 1. The monoisotopic (exact) mass is 373 g/mol. The average molecular weight is 374 g/mol. The lowest BCUT2D eigenvalue weighted by Crippen LogP contribution is -2.51. The molecule has 5 nitrogen and oxygen atoms in total. The molecule has 1 saturated heterocycles. The second-order valence-electron chi connectivity index (χ2n) is 5.24. The number of carbonyl (C=O) groups excluding carboxylic acids is 1. The molecule has 134 valence electrons. The molecule has 1 amide bonds. The van der Waals surface area contributed by atoms with Crippen LogP contribution in [-0.2, 0) is 16.9 Å². The van der Waals surface area contributed by atoms with Crippen molar-refractivity contribution in [3.05, 3.63) is 28.5 Å². The van der Waals surface area contributed by atoms with Gasteiger partial charge in [0.05, 0.1) is 23.2 Å². The molecule has 1 aromatic rings. The fourth-order valence-electron chi connectivity index (χ4n) is 2.30. The quantitative estimate of drug-likeness (QED) is 0.795. The highest BCUT2D eigenvalue weighted by molar-refractivity contribution is 6.31. The number of amides is 1. The Morgan fingerprint density at radius 3 is 2.62 bits per heavy atom. The number of alkyl halides is 5. The van der Waals surface area contributed by atoms with E-state index in [4.69, 9.17) is 16.7 Å². The van der Waals surface area contributed by atoms with E-state index in [0.29, 0.717) is 12.8 Å². The van der Waals surface area contributed by atoms with Gasteiger partial charge >= 0.3 is 18.0 Å². The third-order valence-corrected chi connectivity index (χ3v) is 3.87. The first kappa shape index (κ1) is 18.8. The number of hydrogen-bond donors (Lipinski definition) is 2. The van der Waals surface area contributed by atoms with Crippen molar-refractivity contribution in [2.45, 2.75) is 31.0 Å². The minimum absolute atomic E-state index is 0.189. The van der Waals surface area contributed by atoms with E-state index in [1.165, 1.54) is 0 Å². The molecule has 0 radical (unpaired) electrons. The van der Waals surface area contributed by atoms with Crippen LogP contribution in [0, 0.1) is 0 Å². The fourth-order valence-corrected chi connectivity index (χ4v) is 2.59. The van der Waals surface area contributed by atoms with Crippen LogP contribution < -0.4 is 5.43 Å². The molecule has 0 bridgehead atoms. The molecule has 2 N–H and O–H groups in total. The van der Waals surface area contributed by atoms with E-state index in [0.717, 1.165) is 5.01 Å². The summed E-state index contributed by atoms with van der Waals surface area (Å²) in [5, 5.41) is 9.29. The molecule has 0 aliphatic carbocycles. The van der Waals surface area contributed by atoms with Crippen molar-refractivity contribution in [2.75, 3.05) is 13.2 Å². The summed E-state index contributed by atoms with van der Waals surface area (Å²) in [5.41, 5.74) is -0.614. The fraction of sp³-hybridized carbons (Fsp3) is 0.538. The molecular weight excluding hydrogens is 361 g/mol. The largest absolute Gasteiger partial charge is 0.417 e. The van der Waals surface area contributed by atoms with E-state index in [1.807, 2.05) is 5.43 Å². The van der Waals surface area contributed by atoms with Crippen LogP contribution in [-0.4, -0.2) is 40.2 Å². The SMILES string of the molecule is O=C(NN1CCCC1CO)C(F)(F)c1ncc(C(F)(F)F)cc1Cl. The second-order valence-corrected chi connectivity index (χ2v) is 5.65. The van der Waals surface area contributed by atoms with E-state index in [1.54, 1.807) is 0 Å². The van der Waals surface area contributed by atoms with Gasteiger partial charge in [-0.2, -0.15) is 22.0 Å². The van der Waals surface area contributed by atoms with E-state index in [9.17, 15) is 26.7 Å². The number of hydrogen-bond acceptors (Lipinski definition) is 4. The molecule has 1 unspecified atom stereocenters. The molecule has 1 aromatic heterocycles. The number of aromatic nitrogens is 1. The lowest BCUT2D eigenvalue weighted by atomic mass is 10.1. The van der Waals surface area contributed by atoms with Gasteiger partial charge in [0, 0.05) is 12.7 Å². The van der Waals surface area contributed by atoms with Crippen molar-refractivity contribution in [1.82, 2.24) is 15.4 Å². The number of hydrazine groups is 1. The lowest BCUT2D eigenvalue weighted by molar-refractivity contribution is -0.153. The molecule has 0 aromatic carbocycles. The Morgan fingerprint density at radius 2 is 2.08 bits per heavy atom. The van der Waals surface area contributed by atoms with Crippen molar-refractivity contribution in [3.63, 3.8) is 0 Å². The van der Waals surface area contributed by atoms with Gasteiger partial charge in [0.2, 0.25) is 0 Å². The van der Waals surface area contributed by atoms with Crippen molar-refractivity contribution in [1.29, 1.82) is 0 Å². The molecule has 2 heterocycles. The summed E-state index contributed by atoms with van der Waals surface area (Å²) in [6.07, 6.45) is -3.50. The van der Waals surface area contributed by atoms with Gasteiger partial charge in [0.25, 0.3) is 0 Å². The van der Waals surface area contributed by atoms with Gasteiger partial charge in [0.15, 0.2) is 0 Å². The zero-order valence-corrected chi connectivity index (χ0v) is 12.8. The highest BCUT2D eigenvalue weighted by atomic mass is 35.5. The van der Waals surface area contributed by atoms with Crippen molar-refractivity contribution in [3.8, 4) is 0 Å². The van der Waals surface area contributed by atoms with Crippen molar-refractivity contribution >= 4 is 17.5 Å². The van der Waals surface area contributed by atoms with Crippen LogP contribution in [0.15, 0.2) is 12.3 Å². The zero-order chi connectivity index (χ0) is 18.1. The summed E-state index contributed by atoms with van der Waals surface area (Å²) in [5.74, 6) is -6.01. The molecule has 1 atom stereocenters. The predicted octanol–water partition coefficient (Wildman–Crippen LogP) is 2.33. The summed E-state index contributed by atoms with van der Waals surface area (Å²) >= 11 is 5.46. The Morgan fingerprint density at radius 1 is 1.42 bits per heavy atom. The van der Waals surface area contributed by atoms with Gasteiger partial charge in [-0.3, -0.25) is 15.2 Å². The number of pyridine rings is 1. The molecule has 1 aliphatic rings. The van der Waals surface area contributed by atoms with Crippen molar-refractivity contribution in [2.24, 2.45) is 0 Å². The summed E-state index contributed by atoms with van der Waals surface area (Å²) in [7, 11) is 0. The topological polar surface area (TPSA) is 65.5 Å². The maximum absolute atomic E-state index is 14.2. The maximum atomic E-state index is 14.2. The Balaban J connectivity index is 2.21. The van der Waals surface area contributed by atoms with Crippen LogP contribution in [0.5, 0.6) is 0 Å². The summed E-state index contributed by atoms with van der Waals surface area (Å²) in [6, 6.07) is -0.210. The lowest BCUT2D eigenvalue weighted by Gasteiger charge is -2.26. The maximum Gasteiger partial charge on any atom is 0.417 e. The number of aliphatic hydroxyl groups excluding tert-OH is 1. The zero-order valence-electron chi connectivity index (χ0n) is 12.1. The molecule has 1 aliphatic heterocycles. The van der Waals surface area contributed by atoms with Gasteiger partial charge in [-0.1, -0.05) is 11.6 Å². The summed E-state index contributed by atoms with van der Waals surface area (Å²) in [4.78, 5) is 14.8. The molecule has 2 rings (SSSR count). The molecule has 0 saturated carbocycles. The number of nitrogens with zero attached hydrogens (tertiary/aromatic N) is 2. The summed E-state index contributed by atoms with van der Waals surface area (Å²) in [6.45, 7) is -0.0631. The minimum atomic E-state index is -4.80. The van der Waals surface area contributed by atoms with E-state index < -0.39 is 40.3 Å². The first-order valence-electron chi connectivity index (χ1n) is 6.87. The molecule has 0 spiro atoms. The number of rotatable bonds is 4. The highest BCUT2D eigenvalue weighted by Gasteiger charge is 2.46. The number of aliphatic hydroxyl groups is 1. The standard InChI is InChI=1S/C13H13ClF5N3O2/c14-9-4-7(13(17,18)19)5-20-10(9)12(15,16)11(24)21-22-3-1-2-8(22)6-23/h4-5,8,23H,1-3,6H2,(H,21,24). The van der Waals surface area contributed by atoms with Gasteiger partial charge in [0.1, 0.15) is 5.69 Å². The van der Waals surface area contributed by atoms with Gasteiger partial charge in [-0.25, -0.2) is 5.01 Å². The van der Waals surface area contributed by atoms with Gasteiger partial charge in [-0.15, -0.1) is 0 Å². The predicted molar refractivity (Wildman–Crippen MR) is 73.1 cm³/mol. The van der Waals surface area contributed by atoms with Gasteiger partial charge in [-0.05, 0) is 18.9 Å². The highest BCUT2D eigenvalue weighted by Crippen LogP contribution is 2.36.